The van der Waals surface area contributed by atoms with Gasteiger partial charge in [-0.05, 0) is 23.9 Å². The number of pyridine rings is 1. The van der Waals surface area contributed by atoms with Gasteiger partial charge in [-0.25, -0.2) is 4.98 Å². The summed E-state index contributed by atoms with van der Waals surface area (Å²) in [6, 6.07) is 9.33. The van der Waals surface area contributed by atoms with Gasteiger partial charge in [0.2, 0.25) is 0 Å². The van der Waals surface area contributed by atoms with Crippen molar-refractivity contribution in [1.29, 1.82) is 0 Å². The van der Waals surface area contributed by atoms with Crippen molar-refractivity contribution in [2.24, 2.45) is 0 Å². The van der Waals surface area contributed by atoms with Crippen molar-refractivity contribution in [2.45, 2.75) is 19.9 Å². The van der Waals surface area contributed by atoms with Crippen LogP contribution >= 0.6 is 11.3 Å². The maximum absolute atomic E-state index is 12.5. The number of aromatic nitrogens is 2. The summed E-state index contributed by atoms with van der Waals surface area (Å²) in [5.41, 5.74) is 5.95. The van der Waals surface area contributed by atoms with Crippen LogP contribution in [0.15, 0.2) is 41.3 Å². The van der Waals surface area contributed by atoms with Gasteiger partial charge in [0.25, 0.3) is 5.56 Å². The number of nitrogens with two attached hydrogens (primary N) is 1. The Kier molecular flexibility index (Phi) is 3.28. The Bertz CT molecular complexity index is 819. The average Bonchev–Trinajstić information content (AvgIpc) is 2.91. The molecule has 102 valence electrons. The van der Waals surface area contributed by atoms with E-state index in [-0.39, 0.29) is 5.56 Å². The van der Waals surface area contributed by atoms with Crippen LogP contribution in [0, 0.1) is 0 Å². The minimum Gasteiger partial charge on any atom is -0.385 e. The number of fused-ring (bicyclic) bond motifs is 1. The van der Waals surface area contributed by atoms with Crippen molar-refractivity contribution in [1.82, 2.24) is 9.55 Å². The molecule has 0 atom stereocenters. The highest BCUT2D eigenvalue weighted by Gasteiger charge is 2.09. The summed E-state index contributed by atoms with van der Waals surface area (Å²) in [7, 11) is 0. The van der Waals surface area contributed by atoms with Gasteiger partial charge < -0.3 is 5.73 Å². The van der Waals surface area contributed by atoms with Crippen LogP contribution in [-0.2, 0) is 13.0 Å². The highest BCUT2D eigenvalue weighted by Crippen LogP contribution is 2.17. The molecule has 0 bridgehead atoms. The summed E-state index contributed by atoms with van der Waals surface area (Å²) < 4.78 is 1.58. The molecule has 20 heavy (non-hydrogen) atoms. The van der Waals surface area contributed by atoms with Gasteiger partial charge >= 0.3 is 0 Å². The number of anilines is 1. The topological polar surface area (TPSA) is 60.9 Å². The summed E-state index contributed by atoms with van der Waals surface area (Å²) in [6.07, 6.45) is 2.82. The molecule has 3 aromatic rings. The number of nitrogen functional groups attached to an aromatic ring is 1. The van der Waals surface area contributed by atoms with Gasteiger partial charge in [-0.15, -0.1) is 11.3 Å². The number of hydrogen-bond acceptors (Lipinski definition) is 4. The van der Waals surface area contributed by atoms with E-state index < -0.39 is 0 Å². The minimum absolute atomic E-state index is 0.0613. The Hall–Kier alpha value is -2.14. The predicted molar refractivity (Wildman–Crippen MR) is 83.2 cm³/mol. The SMILES string of the molecule is CCc1cnc(Cn2c(N)cc3ccccc3c2=O)s1. The van der Waals surface area contributed by atoms with Crippen LogP contribution in [0.2, 0.25) is 0 Å². The van der Waals surface area contributed by atoms with Crippen LogP contribution in [0.25, 0.3) is 10.8 Å². The van der Waals surface area contributed by atoms with Gasteiger partial charge in [-0.1, -0.05) is 25.1 Å². The molecule has 0 radical (unpaired) electrons. The predicted octanol–water partition coefficient (Wildman–Crippen LogP) is 2.65. The number of thiazole rings is 1. The van der Waals surface area contributed by atoms with Crippen molar-refractivity contribution < 1.29 is 0 Å². The molecule has 0 aliphatic heterocycles. The Balaban J connectivity index is 2.09. The van der Waals surface area contributed by atoms with Crippen molar-refractivity contribution >= 4 is 27.9 Å². The van der Waals surface area contributed by atoms with Crippen LogP contribution in [0.3, 0.4) is 0 Å². The molecule has 4 nitrogen and oxygen atoms in total. The van der Waals surface area contributed by atoms with Crippen LogP contribution in [-0.4, -0.2) is 9.55 Å². The lowest BCUT2D eigenvalue weighted by atomic mass is 10.1. The van der Waals surface area contributed by atoms with E-state index in [0.29, 0.717) is 17.7 Å². The van der Waals surface area contributed by atoms with Gasteiger partial charge in [0.15, 0.2) is 0 Å². The molecule has 0 unspecified atom stereocenters. The largest absolute Gasteiger partial charge is 0.385 e. The highest BCUT2D eigenvalue weighted by molar-refractivity contribution is 7.11. The zero-order valence-electron chi connectivity index (χ0n) is 11.2. The van der Waals surface area contributed by atoms with Crippen LogP contribution in [0.1, 0.15) is 16.8 Å². The summed E-state index contributed by atoms with van der Waals surface area (Å²) >= 11 is 1.62. The third-order valence-corrected chi connectivity index (χ3v) is 4.42. The summed E-state index contributed by atoms with van der Waals surface area (Å²) in [5.74, 6) is 0.474. The number of aryl methyl sites for hydroxylation is 1. The lowest BCUT2D eigenvalue weighted by Crippen LogP contribution is -2.23. The molecule has 0 aliphatic rings. The first-order chi connectivity index (χ1) is 9.69. The van der Waals surface area contributed by atoms with Crippen LogP contribution in [0.5, 0.6) is 0 Å². The number of rotatable bonds is 3. The van der Waals surface area contributed by atoms with E-state index in [1.54, 1.807) is 15.9 Å². The highest BCUT2D eigenvalue weighted by atomic mass is 32.1. The Morgan fingerprint density at radius 2 is 2.15 bits per heavy atom. The minimum atomic E-state index is -0.0613. The summed E-state index contributed by atoms with van der Waals surface area (Å²) in [6.45, 7) is 2.52. The third kappa shape index (κ3) is 2.20. The standard InChI is InChI=1S/C15H15N3OS/c1-2-11-8-17-14(20-11)9-18-13(16)7-10-5-3-4-6-12(10)15(18)19/h3-8H,2,9,16H2,1H3. The number of nitrogens with zero attached hydrogens (tertiary/aromatic N) is 2. The monoisotopic (exact) mass is 285 g/mol. The summed E-state index contributed by atoms with van der Waals surface area (Å²) in [5, 5.41) is 2.47. The summed E-state index contributed by atoms with van der Waals surface area (Å²) in [4.78, 5) is 18.1. The average molecular weight is 285 g/mol. The fourth-order valence-corrected chi connectivity index (χ4v) is 3.05. The lowest BCUT2D eigenvalue weighted by Gasteiger charge is -2.09. The maximum Gasteiger partial charge on any atom is 0.260 e. The molecule has 2 aromatic heterocycles. The first kappa shape index (κ1) is 12.9. The van der Waals surface area contributed by atoms with E-state index in [0.717, 1.165) is 16.8 Å². The molecular formula is C15H15N3OS. The fraction of sp³-hybridized carbons (Fsp3) is 0.200. The lowest BCUT2D eigenvalue weighted by molar-refractivity contribution is 0.774. The van der Waals surface area contributed by atoms with E-state index in [1.807, 2.05) is 36.5 Å². The zero-order chi connectivity index (χ0) is 14.1. The molecule has 0 saturated carbocycles. The molecule has 0 aliphatic carbocycles. The quantitative estimate of drug-likeness (QED) is 0.804. The van der Waals surface area contributed by atoms with E-state index in [1.165, 1.54) is 4.88 Å². The molecule has 0 saturated heterocycles. The van der Waals surface area contributed by atoms with Crippen molar-refractivity contribution in [3.05, 3.63) is 56.8 Å². The van der Waals surface area contributed by atoms with Crippen molar-refractivity contribution in [2.75, 3.05) is 5.73 Å². The van der Waals surface area contributed by atoms with Crippen LogP contribution in [0.4, 0.5) is 5.82 Å². The third-order valence-electron chi connectivity index (χ3n) is 3.29. The fourth-order valence-electron chi connectivity index (χ4n) is 2.20. The smallest absolute Gasteiger partial charge is 0.260 e. The first-order valence-corrected chi connectivity index (χ1v) is 7.32. The Labute approximate surface area is 120 Å². The van der Waals surface area contributed by atoms with Gasteiger partial charge in [0.1, 0.15) is 10.8 Å². The normalized spacial score (nSPS) is 11.1. The van der Waals surface area contributed by atoms with Crippen molar-refractivity contribution in [3.63, 3.8) is 0 Å². The van der Waals surface area contributed by atoms with E-state index in [4.69, 9.17) is 5.73 Å². The molecule has 0 amide bonds. The second-order valence-corrected chi connectivity index (χ2v) is 5.82. The van der Waals surface area contributed by atoms with Gasteiger partial charge in [0, 0.05) is 16.5 Å². The number of hydrogen-bond donors (Lipinski definition) is 1. The van der Waals surface area contributed by atoms with Gasteiger partial charge in [-0.2, -0.15) is 0 Å². The van der Waals surface area contributed by atoms with E-state index in [9.17, 15) is 4.79 Å². The van der Waals surface area contributed by atoms with E-state index >= 15 is 0 Å². The maximum atomic E-state index is 12.5. The van der Waals surface area contributed by atoms with Crippen molar-refractivity contribution in [3.8, 4) is 0 Å². The first-order valence-electron chi connectivity index (χ1n) is 6.50. The molecule has 1 aromatic carbocycles. The molecule has 3 rings (SSSR count). The molecule has 2 heterocycles. The van der Waals surface area contributed by atoms with Gasteiger partial charge in [-0.3, -0.25) is 9.36 Å². The molecule has 5 heteroatoms. The van der Waals surface area contributed by atoms with Crippen LogP contribution < -0.4 is 11.3 Å². The Morgan fingerprint density at radius 3 is 2.90 bits per heavy atom. The molecular weight excluding hydrogens is 270 g/mol. The van der Waals surface area contributed by atoms with Gasteiger partial charge in [0.05, 0.1) is 6.54 Å². The second kappa shape index (κ2) is 5.09. The molecule has 0 spiro atoms. The second-order valence-electron chi connectivity index (χ2n) is 4.62. The van der Waals surface area contributed by atoms with E-state index in [2.05, 4.69) is 11.9 Å². The molecule has 0 fully saturated rings. The Morgan fingerprint density at radius 1 is 1.35 bits per heavy atom. The zero-order valence-corrected chi connectivity index (χ0v) is 12.0. The molecule has 2 N–H and O–H groups in total. The number of benzene rings is 1.